The highest BCUT2D eigenvalue weighted by atomic mass is 16.4. The summed E-state index contributed by atoms with van der Waals surface area (Å²) in [5, 5.41) is 30.1. The number of carboxylic acid groups (broad SMARTS) is 1. The van der Waals surface area contributed by atoms with E-state index >= 15 is 0 Å². The largest absolute Gasteiger partial charge is 0.508 e. The minimum atomic E-state index is -1.23. The predicted octanol–water partition coefficient (Wildman–Crippen LogP) is 0.161. The summed E-state index contributed by atoms with van der Waals surface area (Å²) < 4.78 is 0. The molecule has 284 valence electrons. The van der Waals surface area contributed by atoms with Gasteiger partial charge in [-0.1, -0.05) is 56.3 Å². The number of nitrogens with zero attached hydrogens (tertiary/aromatic N) is 2. The van der Waals surface area contributed by atoms with Crippen LogP contribution >= 0.6 is 0 Å². The van der Waals surface area contributed by atoms with Crippen LogP contribution in [0.1, 0.15) is 50.4 Å². The quantitative estimate of drug-likeness (QED) is 0.0934. The second-order valence-electron chi connectivity index (χ2n) is 13.6. The number of carbonyl (C=O) groups excluding carboxylic acids is 5. The fourth-order valence-electron chi connectivity index (χ4n) is 5.96. The van der Waals surface area contributed by atoms with E-state index in [1.165, 1.54) is 36.5 Å². The first-order valence-electron chi connectivity index (χ1n) is 17.5. The number of phenolic OH excluding ortho intramolecular Hbond substituents is 1. The van der Waals surface area contributed by atoms with Crippen molar-refractivity contribution in [2.24, 2.45) is 11.7 Å². The molecule has 9 N–H and O–H groups in total. The Kier molecular flexibility index (Phi) is 14.1. The third-order valence-corrected chi connectivity index (χ3v) is 9.11. The Labute approximate surface area is 307 Å². The number of nitrogens with one attached hydrogen (secondary N) is 5. The van der Waals surface area contributed by atoms with Crippen LogP contribution in [0, 0.1) is 5.92 Å². The lowest BCUT2D eigenvalue weighted by atomic mass is 10.0. The van der Waals surface area contributed by atoms with Gasteiger partial charge >= 0.3 is 5.97 Å². The fourth-order valence-corrected chi connectivity index (χ4v) is 5.96. The number of amides is 5. The Morgan fingerprint density at radius 3 is 2.09 bits per heavy atom. The molecule has 0 radical (unpaired) electrons. The monoisotopic (exact) mass is 732 g/mol. The molecule has 0 aliphatic carbocycles. The van der Waals surface area contributed by atoms with Crippen molar-refractivity contribution in [2.75, 3.05) is 6.54 Å². The number of carbonyl (C=O) groups is 6. The number of carboxylic acids is 1. The molecule has 16 heteroatoms. The van der Waals surface area contributed by atoms with E-state index in [0.29, 0.717) is 24.1 Å². The van der Waals surface area contributed by atoms with Gasteiger partial charge in [-0.05, 0) is 48.9 Å². The van der Waals surface area contributed by atoms with E-state index < -0.39 is 71.8 Å². The molecule has 1 fully saturated rings. The number of aromatic nitrogens is 2. The summed E-state index contributed by atoms with van der Waals surface area (Å²) in [6, 6.07) is 8.36. The molecule has 0 saturated carbocycles. The molecule has 1 saturated heterocycles. The molecule has 1 aliphatic heterocycles. The first-order chi connectivity index (χ1) is 25.2. The predicted molar refractivity (Wildman–Crippen MR) is 193 cm³/mol. The summed E-state index contributed by atoms with van der Waals surface area (Å²) in [4.78, 5) is 87.8. The maximum Gasteiger partial charge on any atom is 0.326 e. The van der Waals surface area contributed by atoms with Crippen LogP contribution in [0.15, 0.2) is 67.1 Å². The number of aromatic hydroxyl groups is 1. The van der Waals surface area contributed by atoms with E-state index in [-0.39, 0.29) is 37.5 Å². The minimum Gasteiger partial charge on any atom is -0.508 e. The van der Waals surface area contributed by atoms with Crippen molar-refractivity contribution in [1.29, 1.82) is 0 Å². The van der Waals surface area contributed by atoms with Crippen molar-refractivity contribution in [1.82, 2.24) is 36.1 Å². The molecular weight excluding hydrogens is 684 g/mol. The topological polar surface area (TPSA) is 249 Å². The zero-order valence-corrected chi connectivity index (χ0v) is 30.0. The Balaban J connectivity index is 1.47. The summed E-state index contributed by atoms with van der Waals surface area (Å²) >= 11 is 0. The molecule has 6 atom stereocenters. The van der Waals surface area contributed by atoms with E-state index in [0.717, 1.165) is 5.56 Å². The number of likely N-dealkylation sites (tertiary alicyclic amines) is 1. The van der Waals surface area contributed by atoms with Crippen LogP contribution in [0.25, 0.3) is 0 Å². The van der Waals surface area contributed by atoms with Crippen LogP contribution in [0.3, 0.4) is 0 Å². The zero-order chi connectivity index (χ0) is 38.7. The molecule has 4 rings (SSSR count). The van der Waals surface area contributed by atoms with Crippen LogP contribution in [0.4, 0.5) is 0 Å². The maximum absolute atomic E-state index is 14.1. The summed E-state index contributed by atoms with van der Waals surface area (Å²) in [5.41, 5.74) is 7.89. The van der Waals surface area contributed by atoms with Gasteiger partial charge in [0, 0.05) is 37.7 Å². The zero-order valence-electron chi connectivity index (χ0n) is 30.0. The van der Waals surface area contributed by atoms with Gasteiger partial charge in [-0.15, -0.1) is 0 Å². The number of hydrogen-bond donors (Lipinski definition) is 8. The van der Waals surface area contributed by atoms with Crippen LogP contribution in [0.2, 0.25) is 0 Å². The van der Waals surface area contributed by atoms with E-state index in [1.54, 1.807) is 56.3 Å². The van der Waals surface area contributed by atoms with E-state index in [2.05, 4.69) is 31.2 Å². The number of aromatic amines is 1. The first kappa shape index (κ1) is 40.0. The van der Waals surface area contributed by atoms with Gasteiger partial charge in [-0.2, -0.15) is 0 Å². The number of benzene rings is 2. The second-order valence-corrected chi connectivity index (χ2v) is 13.6. The molecule has 1 aromatic heterocycles. The number of phenols is 1. The van der Waals surface area contributed by atoms with E-state index in [9.17, 15) is 39.0 Å². The van der Waals surface area contributed by atoms with E-state index in [1.807, 2.05) is 0 Å². The number of nitrogens with two attached hydrogens (primary N) is 1. The molecule has 0 spiro atoms. The van der Waals surface area contributed by atoms with Crippen LogP contribution in [-0.2, 0) is 48.0 Å². The first-order valence-corrected chi connectivity index (χ1v) is 17.5. The lowest BCUT2D eigenvalue weighted by Gasteiger charge is -2.30. The molecule has 0 bridgehead atoms. The fraction of sp³-hybridized carbons (Fsp3) is 0.432. The molecule has 2 heterocycles. The summed E-state index contributed by atoms with van der Waals surface area (Å²) in [6.07, 6.45) is 3.74. The Morgan fingerprint density at radius 2 is 1.47 bits per heavy atom. The minimum absolute atomic E-state index is 0.0194. The summed E-state index contributed by atoms with van der Waals surface area (Å²) in [7, 11) is 0. The molecule has 5 amide bonds. The Hall–Kier alpha value is -5.77. The third kappa shape index (κ3) is 11.4. The van der Waals surface area contributed by atoms with Crippen molar-refractivity contribution in [3.05, 3.63) is 83.9 Å². The maximum atomic E-state index is 14.1. The second kappa shape index (κ2) is 18.6. The standard InChI is InChI=1S/C37H48N8O8/c1-21(2)31(38)35(50)42-27(16-24-11-13-26(46)14-12-24)33(48)41-22(3)32(47)43-28(18-25-19-39-20-40-25)36(51)45-15-7-10-30(45)34(49)44-29(37(52)53)17-23-8-5-4-6-9-23/h4-6,8-9,11-14,19-22,27-31,46H,7,10,15-18,38H2,1-3H3,(H,39,40)(H,41,48)(H,42,50)(H,43,47)(H,44,49)(H,52,53)/t22-,27-,28-,29-,30-,31-/m0/s1. The number of H-pyrrole nitrogens is 1. The SMILES string of the molecule is CC(C)[C@H](N)C(=O)N[C@@H](Cc1ccc(O)cc1)C(=O)N[C@@H](C)C(=O)N[C@@H](Cc1cnc[nH]1)C(=O)N1CCC[C@H]1C(=O)N[C@@H](Cc1ccccc1)C(=O)O. The lowest BCUT2D eigenvalue weighted by Crippen LogP contribution is -2.59. The van der Waals surface area contributed by atoms with Crippen LogP contribution in [-0.4, -0.2) is 103 Å². The van der Waals surface area contributed by atoms with Crippen LogP contribution < -0.4 is 27.0 Å². The molecule has 1 aliphatic rings. The summed E-state index contributed by atoms with van der Waals surface area (Å²) in [5.74, 6) is -4.54. The Bertz CT molecular complexity index is 1720. The average Bonchev–Trinajstić information content (AvgIpc) is 3.84. The van der Waals surface area contributed by atoms with Gasteiger partial charge in [0.25, 0.3) is 0 Å². The van der Waals surface area contributed by atoms with Crippen molar-refractivity contribution in [2.45, 2.75) is 89.1 Å². The van der Waals surface area contributed by atoms with Gasteiger partial charge in [0.1, 0.15) is 36.0 Å². The lowest BCUT2D eigenvalue weighted by molar-refractivity contribution is -0.145. The van der Waals surface area contributed by atoms with Gasteiger partial charge in [0.05, 0.1) is 12.4 Å². The van der Waals surface area contributed by atoms with Gasteiger partial charge in [0.2, 0.25) is 29.5 Å². The normalized spacial score (nSPS) is 16.8. The van der Waals surface area contributed by atoms with Crippen molar-refractivity contribution < 1.29 is 39.0 Å². The smallest absolute Gasteiger partial charge is 0.326 e. The average molecular weight is 733 g/mol. The van der Waals surface area contributed by atoms with Crippen molar-refractivity contribution in [3.63, 3.8) is 0 Å². The summed E-state index contributed by atoms with van der Waals surface area (Å²) in [6.45, 7) is 5.16. The molecule has 16 nitrogen and oxygen atoms in total. The highest BCUT2D eigenvalue weighted by molar-refractivity contribution is 5.96. The highest BCUT2D eigenvalue weighted by Crippen LogP contribution is 2.20. The number of rotatable bonds is 17. The van der Waals surface area contributed by atoms with Gasteiger partial charge in [0.15, 0.2) is 0 Å². The Morgan fingerprint density at radius 1 is 0.830 bits per heavy atom. The number of imidazole rings is 1. The molecule has 53 heavy (non-hydrogen) atoms. The number of hydrogen-bond acceptors (Lipinski definition) is 9. The third-order valence-electron chi connectivity index (χ3n) is 9.11. The van der Waals surface area contributed by atoms with Gasteiger partial charge in [-0.25, -0.2) is 9.78 Å². The van der Waals surface area contributed by atoms with Crippen LogP contribution in [0.5, 0.6) is 5.75 Å². The molecule has 3 aromatic rings. The highest BCUT2D eigenvalue weighted by Gasteiger charge is 2.39. The molecular formula is C37H48N8O8. The number of aliphatic carboxylic acids is 1. The van der Waals surface area contributed by atoms with Crippen molar-refractivity contribution >= 4 is 35.5 Å². The van der Waals surface area contributed by atoms with Crippen molar-refractivity contribution in [3.8, 4) is 5.75 Å². The van der Waals surface area contributed by atoms with E-state index in [4.69, 9.17) is 5.73 Å². The van der Waals surface area contributed by atoms with Gasteiger partial charge < -0.3 is 47.1 Å². The molecule has 0 unspecified atom stereocenters. The van der Waals surface area contributed by atoms with Gasteiger partial charge in [-0.3, -0.25) is 24.0 Å². The molecule has 2 aromatic carbocycles.